The van der Waals surface area contributed by atoms with E-state index in [0.29, 0.717) is 6.42 Å². The number of rotatable bonds is 3. The maximum Gasteiger partial charge on any atom is 0.106 e. The fourth-order valence-electron chi connectivity index (χ4n) is 2.69. The average molecular weight is 220 g/mol. The van der Waals surface area contributed by atoms with Crippen molar-refractivity contribution < 1.29 is 0 Å². The molecule has 4 nitrogen and oxygen atoms in total. The SMILES string of the molecule is Cc1nc2c(n1C(C)CC(=N)N)CCCC2. The Hall–Kier alpha value is -1.32. The molecule has 2 rings (SSSR count). The molecule has 4 heteroatoms. The van der Waals surface area contributed by atoms with Crippen LogP contribution in [0.5, 0.6) is 0 Å². The van der Waals surface area contributed by atoms with E-state index in [2.05, 4.69) is 23.4 Å². The highest BCUT2D eigenvalue weighted by Crippen LogP contribution is 2.26. The molecule has 1 aliphatic carbocycles. The number of nitrogens with two attached hydrogens (primary N) is 1. The van der Waals surface area contributed by atoms with Gasteiger partial charge < -0.3 is 10.3 Å². The topological polar surface area (TPSA) is 67.7 Å². The molecule has 1 aromatic heterocycles. The molecule has 0 saturated carbocycles. The van der Waals surface area contributed by atoms with E-state index in [1.165, 1.54) is 24.2 Å². The lowest BCUT2D eigenvalue weighted by molar-refractivity contribution is 0.514. The molecule has 16 heavy (non-hydrogen) atoms. The smallest absolute Gasteiger partial charge is 0.106 e. The zero-order valence-corrected chi connectivity index (χ0v) is 10.1. The van der Waals surface area contributed by atoms with Crippen LogP contribution in [0.1, 0.15) is 49.4 Å². The Labute approximate surface area is 96.4 Å². The van der Waals surface area contributed by atoms with Crippen LogP contribution in [-0.2, 0) is 12.8 Å². The van der Waals surface area contributed by atoms with Crippen LogP contribution < -0.4 is 5.73 Å². The van der Waals surface area contributed by atoms with Gasteiger partial charge in [-0.3, -0.25) is 5.41 Å². The summed E-state index contributed by atoms with van der Waals surface area (Å²) >= 11 is 0. The lowest BCUT2D eigenvalue weighted by Crippen LogP contribution is -2.20. The first kappa shape index (κ1) is 11.2. The van der Waals surface area contributed by atoms with Gasteiger partial charge in [-0.2, -0.15) is 0 Å². The Morgan fingerprint density at radius 2 is 2.19 bits per heavy atom. The molecule has 0 bridgehead atoms. The zero-order chi connectivity index (χ0) is 11.7. The van der Waals surface area contributed by atoms with Gasteiger partial charge in [0.25, 0.3) is 0 Å². The Kier molecular flexibility index (Phi) is 2.99. The van der Waals surface area contributed by atoms with Crippen molar-refractivity contribution in [1.82, 2.24) is 9.55 Å². The summed E-state index contributed by atoms with van der Waals surface area (Å²) in [5.74, 6) is 1.32. The number of hydrogen-bond acceptors (Lipinski definition) is 2. The highest BCUT2D eigenvalue weighted by molar-refractivity contribution is 5.77. The number of nitrogens with zero attached hydrogens (tertiary/aromatic N) is 2. The Bertz CT molecular complexity index is 405. The maximum atomic E-state index is 7.38. The Balaban J connectivity index is 2.32. The highest BCUT2D eigenvalue weighted by Gasteiger charge is 2.21. The van der Waals surface area contributed by atoms with Gasteiger partial charge in [-0.1, -0.05) is 0 Å². The van der Waals surface area contributed by atoms with Crippen LogP contribution in [0.15, 0.2) is 0 Å². The third-order valence-corrected chi connectivity index (χ3v) is 3.30. The molecule has 88 valence electrons. The molecule has 1 atom stereocenters. The second kappa shape index (κ2) is 4.28. The third kappa shape index (κ3) is 1.96. The maximum absolute atomic E-state index is 7.38. The van der Waals surface area contributed by atoms with Gasteiger partial charge in [0.15, 0.2) is 0 Å². The predicted molar refractivity (Wildman–Crippen MR) is 64.8 cm³/mol. The predicted octanol–water partition coefficient (Wildman–Crippen LogP) is 1.96. The van der Waals surface area contributed by atoms with Crippen molar-refractivity contribution in [1.29, 1.82) is 5.41 Å². The van der Waals surface area contributed by atoms with Gasteiger partial charge in [0.1, 0.15) is 5.82 Å². The second-order valence-electron chi connectivity index (χ2n) is 4.71. The monoisotopic (exact) mass is 220 g/mol. The van der Waals surface area contributed by atoms with Gasteiger partial charge >= 0.3 is 0 Å². The molecule has 0 aromatic carbocycles. The third-order valence-electron chi connectivity index (χ3n) is 3.30. The molecule has 0 fully saturated rings. The number of aromatic nitrogens is 2. The summed E-state index contributed by atoms with van der Waals surface area (Å²) in [6, 6.07) is 0.256. The first-order chi connectivity index (χ1) is 7.59. The summed E-state index contributed by atoms with van der Waals surface area (Å²) < 4.78 is 2.27. The second-order valence-corrected chi connectivity index (χ2v) is 4.71. The quantitative estimate of drug-likeness (QED) is 0.604. The van der Waals surface area contributed by atoms with Crippen LogP contribution in [0.3, 0.4) is 0 Å². The van der Waals surface area contributed by atoms with Crippen molar-refractivity contribution >= 4 is 5.84 Å². The van der Waals surface area contributed by atoms with Crippen LogP contribution in [0.2, 0.25) is 0 Å². The van der Waals surface area contributed by atoms with Crippen molar-refractivity contribution in [2.45, 2.75) is 52.0 Å². The number of hydrogen-bond donors (Lipinski definition) is 2. The van der Waals surface area contributed by atoms with Crippen LogP contribution in [0.25, 0.3) is 0 Å². The van der Waals surface area contributed by atoms with Crippen LogP contribution in [0, 0.1) is 12.3 Å². The van der Waals surface area contributed by atoms with E-state index < -0.39 is 0 Å². The van der Waals surface area contributed by atoms with Gasteiger partial charge in [0, 0.05) is 18.2 Å². The minimum absolute atomic E-state index is 0.255. The van der Waals surface area contributed by atoms with E-state index >= 15 is 0 Å². The van der Waals surface area contributed by atoms with Gasteiger partial charge in [-0.15, -0.1) is 0 Å². The molecular weight excluding hydrogens is 200 g/mol. The van der Waals surface area contributed by atoms with E-state index in [0.717, 1.165) is 18.7 Å². The number of nitrogens with one attached hydrogen (secondary N) is 1. The molecule has 1 aliphatic rings. The normalized spacial score (nSPS) is 16.9. The molecule has 1 unspecified atom stereocenters. The molecule has 1 aromatic rings. The standard InChI is InChI=1S/C12H20N4/c1-8(7-12(13)14)16-9(2)15-10-5-3-4-6-11(10)16/h8H,3-7H2,1-2H3,(H3,13,14). The van der Waals surface area contributed by atoms with Crippen LogP contribution >= 0.6 is 0 Å². The first-order valence-electron chi connectivity index (χ1n) is 5.99. The van der Waals surface area contributed by atoms with E-state index in [-0.39, 0.29) is 11.9 Å². The van der Waals surface area contributed by atoms with E-state index in [4.69, 9.17) is 11.1 Å². The summed E-state index contributed by atoms with van der Waals surface area (Å²) in [6.07, 6.45) is 5.35. The molecule has 3 N–H and O–H groups in total. The number of fused-ring (bicyclic) bond motifs is 1. The summed E-state index contributed by atoms with van der Waals surface area (Å²) in [6.45, 7) is 4.17. The highest BCUT2D eigenvalue weighted by atomic mass is 15.1. The van der Waals surface area contributed by atoms with Crippen molar-refractivity contribution in [2.24, 2.45) is 5.73 Å². The molecule has 0 spiro atoms. The van der Waals surface area contributed by atoms with Crippen molar-refractivity contribution in [3.05, 3.63) is 17.2 Å². The van der Waals surface area contributed by atoms with E-state index in [1.54, 1.807) is 0 Å². The minimum atomic E-state index is 0.255. The molecular formula is C12H20N4. The van der Waals surface area contributed by atoms with Crippen LogP contribution in [-0.4, -0.2) is 15.4 Å². The van der Waals surface area contributed by atoms with Crippen molar-refractivity contribution in [2.75, 3.05) is 0 Å². The minimum Gasteiger partial charge on any atom is -0.388 e. The Morgan fingerprint density at radius 3 is 2.88 bits per heavy atom. The number of imidazole rings is 1. The summed E-state index contributed by atoms with van der Waals surface area (Å²) in [5, 5.41) is 7.38. The molecule has 1 heterocycles. The van der Waals surface area contributed by atoms with E-state index in [1.807, 2.05) is 0 Å². The fraction of sp³-hybridized carbons (Fsp3) is 0.667. The van der Waals surface area contributed by atoms with Gasteiger partial charge in [-0.05, 0) is 39.5 Å². The summed E-state index contributed by atoms with van der Waals surface area (Å²) in [5.41, 5.74) is 8.11. The molecule has 0 aliphatic heterocycles. The average Bonchev–Trinajstić information content (AvgIpc) is 2.52. The lowest BCUT2D eigenvalue weighted by atomic mass is 10.0. The van der Waals surface area contributed by atoms with E-state index in [9.17, 15) is 0 Å². The zero-order valence-electron chi connectivity index (χ0n) is 10.1. The largest absolute Gasteiger partial charge is 0.388 e. The van der Waals surface area contributed by atoms with Crippen LogP contribution in [0.4, 0.5) is 0 Å². The summed E-state index contributed by atoms with van der Waals surface area (Å²) in [4.78, 5) is 4.63. The Morgan fingerprint density at radius 1 is 1.50 bits per heavy atom. The molecule has 0 amide bonds. The van der Waals surface area contributed by atoms with Crippen molar-refractivity contribution in [3.63, 3.8) is 0 Å². The number of aryl methyl sites for hydroxylation is 2. The fourth-order valence-corrected chi connectivity index (χ4v) is 2.69. The lowest BCUT2D eigenvalue weighted by Gasteiger charge is -2.20. The number of amidine groups is 1. The van der Waals surface area contributed by atoms with Gasteiger partial charge in [-0.25, -0.2) is 4.98 Å². The first-order valence-corrected chi connectivity index (χ1v) is 5.99. The summed E-state index contributed by atoms with van der Waals surface area (Å²) in [7, 11) is 0. The molecule has 0 saturated heterocycles. The molecule has 0 radical (unpaired) electrons. The van der Waals surface area contributed by atoms with Gasteiger partial charge in [0.05, 0.1) is 11.5 Å². The van der Waals surface area contributed by atoms with Gasteiger partial charge in [0.2, 0.25) is 0 Å². The van der Waals surface area contributed by atoms with Crippen molar-refractivity contribution in [3.8, 4) is 0 Å².